The van der Waals surface area contributed by atoms with Crippen LogP contribution in [0.2, 0.25) is 5.02 Å². The first-order valence-corrected chi connectivity index (χ1v) is 10.4. The minimum atomic E-state index is -1.05. The summed E-state index contributed by atoms with van der Waals surface area (Å²) in [6.07, 6.45) is -1.05. The molecule has 2 heterocycles. The third kappa shape index (κ3) is 4.21. The fraction of sp³-hybridized carbons (Fsp3) is 0.250. The molecule has 0 spiro atoms. The van der Waals surface area contributed by atoms with Gasteiger partial charge in [-0.15, -0.1) is 0 Å². The lowest BCUT2D eigenvalue weighted by Crippen LogP contribution is -2.35. The summed E-state index contributed by atoms with van der Waals surface area (Å²) in [6.45, 7) is 1.64. The Hall–Kier alpha value is -3.65. The summed E-state index contributed by atoms with van der Waals surface area (Å²) in [6, 6.07) is 11.6. The van der Waals surface area contributed by atoms with Crippen LogP contribution < -0.4 is 29.9 Å². The minimum Gasteiger partial charge on any atom is -0.493 e. The number of ether oxygens (including phenoxy) is 4. The van der Waals surface area contributed by atoms with Crippen molar-refractivity contribution in [1.82, 2.24) is 0 Å². The van der Waals surface area contributed by atoms with E-state index in [1.807, 2.05) is 0 Å². The molecule has 4 rings (SSSR count). The summed E-state index contributed by atoms with van der Waals surface area (Å²) in [7, 11) is 4.47. The Bertz CT molecular complexity index is 1230. The van der Waals surface area contributed by atoms with Crippen LogP contribution in [0.1, 0.15) is 22.8 Å². The van der Waals surface area contributed by atoms with Crippen LogP contribution in [0.4, 0.5) is 5.69 Å². The molecule has 2 atom stereocenters. The maximum atomic E-state index is 13.3. The number of hydrogen-bond donors (Lipinski definition) is 1. The van der Waals surface area contributed by atoms with Gasteiger partial charge in [0.25, 0.3) is 5.91 Å². The SMILES string of the molecule is COc1cc([C@H]2c3c(cc(C)oc3=O)O[C@@H]2C(=O)Nc2ccc(Cl)cc2)cc(OC)c1OC. The topological polar surface area (TPSA) is 96.2 Å². The molecule has 0 saturated carbocycles. The number of rotatable bonds is 6. The van der Waals surface area contributed by atoms with Crippen molar-refractivity contribution in [1.29, 1.82) is 0 Å². The van der Waals surface area contributed by atoms with Crippen LogP contribution >= 0.6 is 11.6 Å². The van der Waals surface area contributed by atoms with Gasteiger partial charge in [-0.2, -0.15) is 0 Å². The highest BCUT2D eigenvalue weighted by atomic mass is 35.5. The van der Waals surface area contributed by atoms with Crippen LogP contribution in [0.15, 0.2) is 51.7 Å². The molecule has 1 N–H and O–H groups in total. The van der Waals surface area contributed by atoms with E-state index in [0.29, 0.717) is 45.0 Å². The van der Waals surface area contributed by atoms with E-state index in [-0.39, 0.29) is 5.56 Å². The van der Waals surface area contributed by atoms with Gasteiger partial charge in [-0.05, 0) is 48.9 Å². The van der Waals surface area contributed by atoms with Crippen molar-refractivity contribution in [3.05, 3.63) is 74.8 Å². The molecule has 0 radical (unpaired) electrons. The number of halogens is 1. The number of carbonyl (C=O) groups excluding carboxylic acids is 1. The van der Waals surface area contributed by atoms with E-state index < -0.39 is 23.6 Å². The molecule has 1 amide bonds. The number of fused-ring (bicyclic) bond motifs is 1. The maximum Gasteiger partial charge on any atom is 0.343 e. The number of carbonyl (C=O) groups is 1. The predicted molar refractivity (Wildman–Crippen MR) is 122 cm³/mol. The smallest absolute Gasteiger partial charge is 0.343 e. The van der Waals surface area contributed by atoms with E-state index in [4.69, 9.17) is 35.0 Å². The molecule has 2 aromatic carbocycles. The van der Waals surface area contributed by atoms with Gasteiger partial charge < -0.3 is 28.7 Å². The third-order valence-corrected chi connectivity index (χ3v) is 5.61. The number of hydrogen-bond acceptors (Lipinski definition) is 7. The molecule has 0 saturated heterocycles. The average molecular weight is 472 g/mol. The fourth-order valence-electron chi connectivity index (χ4n) is 3.90. The highest BCUT2D eigenvalue weighted by Gasteiger charge is 2.44. The van der Waals surface area contributed by atoms with Crippen molar-refractivity contribution in [2.75, 3.05) is 26.6 Å². The van der Waals surface area contributed by atoms with Gasteiger partial charge in [0, 0.05) is 16.8 Å². The van der Waals surface area contributed by atoms with E-state index in [0.717, 1.165) is 0 Å². The number of amides is 1. The van der Waals surface area contributed by atoms with Crippen LogP contribution in [0, 0.1) is 6.92 Å². The number of nitrogens with one attached hydrogen (secondary N) is 1. The molecule has 0 aliphatic carbocycles. The first kappa shape index (κ1) is 22.5. The predicted octanol–water partition coefficient (Wildman–Crippen LogP) is 4.16. The highest BCUT2D eigenvalue weighted by molar-refractivity contribution is 6.30. The monoisotopic (exact) mass is 471 g/mol. The molecular formula is C24H22ClNO7. The van der Waals surface area contributed by atoms with Gasteiger partial charge in [-0.25, -0.2) is 4.79 Å². The summed E-state index contributed by atoms with van der Waals surface area (Å²) in [5, 5.41) is 3.36. The zero-order valence-electron chi connectivity index (χ0n) is 18.4. The molecule has 3 aromatic rings. The van der Waals surface area contributed by atoms with Crippen molar-refractivity contribution in [3.8, 4) is 23.0 Å². The number of anilines is 1. The lowest BCUT2D eigenvalue weighted by Gasteiger charge is -2.21. The van der Waals surface area contributed by atoms with Gasteiger partial charge in [0.05, 0.1) is 32.8 Å². The summed E-state index contributed by atoms with van der Waals surface area (Å²) >= 11 is 5.94. The standard InChI is InChI=1S/C24H22ClNO7/c1-12-9-16-20(24(28)32-12)19(13-10-17(29-2)21(31-4)18(11-13)30-3)22(33-16)23(27)26-15-7-5-14(25)6-8-15/h5-11,19,22H,1-4H3,(H,26,27)/t19-,22-/m0/s1. The quantitative estimate of drug-likeness (QED) is 0.576. The van der Waals surface area contributed by atoms with E-state index in [9.17, 15) is 9.59 Å². The Balaban J connectivity index is 1.82. The average Bonchev–Trinajstić information content (AvgIpc) is 3.19. The molecule has 9 heteroatoms. The van der Waals surface area contributed by atoms with Gasteiger partial charge >= 0.3 is 5.63 Å². The molecule has 8 nitrogen and oxygen atoms in total. The van der Waals surface area contributed by atoms with Gasteiger partial charge in [-0.3, -0.25) is 4.79 Å². The normalized spacial score (nSPS) is 16.5. The lowest BCUT2D eigenvalue weighted by atomic mass is 9.88. The molecular weight excluding hydrogens is 450 g/mol. The number of methoxy groups -OCH3 is 3. The molecule has 1 aliphatic heterocycles. The van der Waals surface area contributed by atoms with E-state index in [2.05, 4.69) is 5.32 Å². The second-order valence-corrected chi connectivity index (χ2v) is 7.83. The van der Waals surface area contributed by atoms with Crippen molar-refractivity contribution in [2.24, 2.45) is 0 Å². The molecule has 1 aromatic heterocycles. The van der Waals surface area contributed by atoms with Gasteiger partial charge in [-0.1, -0.05) is 11.6 Å². The summed E-state index contributed by atoms with van der Waals surface area (Å²) < 4.78 is 27.6. The molecule has 172 valence electrons. The lowest BCUT2D eigenvalue weighted by molar-refractivity contribution is -0.122. The van der Waals surface area contributed by atoms with Crippen LogP contribution in [0.3, 0.4) is 0 Å². The Morgan fingerprint density at radius 2 is 1.64 bits per heavy atom. The summed E-state index contributed by atoms with van der Waals surface area (Å²) in [4.78, 5) is 26.1. The molecule has 1 aliphatic rings. The van der Waals surface area contributed by atoms with Crippen LogP contribution in [-0.2, 0) is 4.79 Å². The molecule has 0 unspecified atom stereocenters. The second-order valence-electron chi connectivity index (χ2n) is 7.39. The minimum absolute atomic E-state index is 0.242. The number of benzene rings is 2. The van der Waals surface area contributed by atoms with E-state index in [1.165, 1.54) is 21.3 Å². The Kier molecular flexibility index (Phi) is 6.20. The Morgan fingerprint density at radius 1 is 1.00 bits per heavy atom. The molecule has 33 heavy (non-hydrogen) atoms. The van der Waals surface area contributed by atoms with Crippen LogP contribution in [0.25, 0.3) is 0 Å². The van der Waals surface area contributed by atoms with E-state index >= 15 is 0 Å². The van der Waals surface area contributed by atoms with Gasteiger partial charge in [0.2, 0.25) is 5.75 Å². The zero-order chi connectivity index (χ0) is 23.7. The third-order valence-electron chi connectivity index (χ3n) is 5.36. The highest BCUT2D eigenvalue weighted by Crippen LogP contribution is 2.46. The van der Waals surface area contributed by atoms with Gasteiger partial charge in [0.15, 0.2) is 17.6 Å². The maximum absolute atomic E-state index is 13.3. The van der Waals surface area contributed by atoms with Crippen molar-refractivity contribution in [3.63, 3.8) is 0 Å². The largest absolute Gasteiger partial charge is 0.493 e. The fourth-order valence-corrected chi connectivity index (χ4v) is 4.03. The first-order valence-electron chi connectivity index (χ1n) is 10.0. The van der Waals surface area contributed by atoms with Crippen molar-refractivity contribution < 1.29 is 28.2 Å². The zero-order valence-corrected chi connectivity index (χ0v) is 19.2. The number of aryl methyl sites for hydroxylation is 1. The van der Waals surface area contributed by atoms with Gasteiger partial charge in [0.1, 0.15) is 11.5 Å². The summed E-state index contributed by atoms with van der Waals surface area (Å²) in [5.41, 5.74) is 0.767. The van der Waals surface area contributed by atoms with Crippen LogP contribution in [0.5, 0.6) is 23.0 Å². The van der Waals surface area contributed by atoms with Crippen molar-refractivity contribution >= 4 is 23.2 Å². The van der Waals surface area contributed by atoms with E-state index in [1.54, 1.807) is 49.4 Å². The van der Waals surface area contributed by atoms with Crippen molar-refractivity contribution in [2.45, 2.75) is 18.9 Å². The molecule has 0 fully saturated rings. The second kappa shape index (κ2) is 9.07. The Morgan fingerprint density at radius 3 is 2.21 bits per heavy atom. The molecule has 0 bridgehead atoms. The summed E-state index contributed by atoms with van der Waals surface area (Å²) in [5.74, 6) is 0.602. The first-order chi connectivity index (χ1) is 15.9. The Labute approximate surface area is 195 Å². The van der Waals surface area contributed by atoms with Crippen LogP contribution in [-0.4, -0.2) is 33.3 Å².